The van der Waals surface area contributed by atoms with Crippen molar-refractivity contribution in [3.8, 4) is 0 Å². The summed E-state index contributed by atoms with van der Waals surface area (Å²) in [4.78, 5) is 4.73. The Kier molecular flexibility index (Phi) is 2.95. The first kappa shape index (κ1) is 11.1. The highest BCUT2D eigenvalue weighted by molar-refractivity contribution is 5.62. The van der Waals surface area contributed by atoms with Crippen LogP contribution in [-0.2, 0) is 0 Å². The van der Waals surface area contributed by atoms with Gasteiger partial charge in [0.2, 0.25) is 0 Å². The van der Waals surface area contributed by atoms with E-state index in [9.17, 15) is 0 Å². The zero-order valence-electron chi connectivity index (χ0n) is 10.2. The van der Waals surface area contributed by atoms with Gasteiger partial charge in [-0.15, -0.1) is 0 Å². The maximum absolute atomic E-state index is 4.73. The summed E-state index contributed by atoms with van der Waals surface area (Å²) >= 11 is 0. The van der Waals surface area contributed by atoms with Crippen molar-refractivity contribution in [1.29, 1.82) is 0 Å². The molecule has 1 aromatic heterocycles. The summed E-state index contributed by atoms with van der Waals surface area (Å²) in [6.45, 7) is 12.1. The molecule has 2 rings (SSSR count). The van der Waals surface area contributed by atoms with Crippen LogP contribution in [0.1, 0.15) is 61.0 Å². The summed E-state index contributed by atoms with van der Waals surface area (Å²) in [5, 5.41) is 0. The normalized spacial score (nSPS) is 15.2. The van der Waals surface area contributed by atoms with Gasteiger partial charge >= 0.3 is 0 Å². The lowest BCUT2D eigenvalue weighted by Crippen LogP contribution is -2.02. The van der Waals surface area contributed by atoms with Crippen LogP contribution in [0.5, 0.6) is 0 Å². The Morgan fingerprint density at radius 2 is 2.00 bits per heavy atom. The Morgan fingerprint density at radius 3 is 2.44 bits per heavy atom. The van der Waals surface area contributed by atoms with Crippen molar-refractivity contribution >= 4 is 12.2 Å². The van der Waals surface area contributed by atoms with Crippen LogP contribution in [0.25, 0.3) is 12.2 Å². The first-order valence-electron chi connectivity index (χ1n) is 5.97. The maximum Gasteiger partial charge on any atom is 0.0699 e. The summed E-state index contributed by atoms with van der Waals surface area (Å²) in [6.07, 6.45) is 6.32. The van der Waals surface area contributed by atoms with Crippen LogP contribution in [0.4, 0.5) is 0 Å². The second-order valence-electron chi connectivity index (χ2n) is 4.77. The van der Waals surface area contributed by atoms with E-state index in [-0.39, 0.29) is 0 Å². The minimum atomic E-state index is 0.480. The largest absolute Gasteiger partial charge is 0.252 e. The Bertz CT molecular complexity index is 392. The van der Waals surface area contributed by atoms with Crippen LogP contribution in [0.15, 0.2) is 19.2 Å². The first-order chi connectivity index (χ1) is 7.67. The third-order valence-electron chi connectivity index (χ3n) is 3.12. The van der Waals surface area contributed by atoms with Gasteiger partial charge < -0.3 is 0 Å². The maximum atomic E-state index is 4.73. The molecule has 0 unspecified atom stereocenters. The Morgan fingerprint density at radius 1 is 1.31 bits per heavy atom. The molecule has 1 heterocycles. The Balaban J connectivity index is 2.57. The standard InChI is InChI=1S/C15H19N/c1-5-11-9-13(12-7-8-12)15(10(3)4)16-14(11)6-2/h5-6,9-10,12H,1-2,7-8H2,3-4H3. The van der Waals surface area contributed by atoms with Gasteiger partial charge in [-0.05, 0) is 47.9 Å². The highest BCUT2D eigenvalue weighted by Crippen LogP contribution is 2.43. The highest BCUT2D eigenvalue weighted by Gasteiger charge is 2.28. The molecule has 0 atom stereocenters. The summed E-state index contributed by atoms with van der Waals surface area (Å²) in [7, 11) is 0. The molecule has 0 spiro atoms. The number of nitrogens with zero attached hydrogens (tertiary/aromatic N) is 1. The van der Waals surface area contributed by atoms with Gasteiger partial charge in [0.15, 0.2) is 0 Å². The highest BCUT2D eigenvalue weighted by atomic mass is 14.7. The number of rotatable bonds is 4. The summed E-state index contributed by atoms with van der Waals surface area (Å²) in [5.41, 5.74) is 4.74. The molecule has 1 aliphatic carbocycles. The van der Waals surface area contributed by atoms with Crippen LogP contribution < -0.4 is 0 Å². The van der Waals surface area contributed by atoms with Crippen LogP contribution in [0.2, 0.25) is 0 Å². The summed E-state index contributed by atoms with van der Waals surface area (Å²) in [6, 6.07) is 2.25. The second-order valence-corrected chi connectivity index (χ2v) is 4.77. The van der Waals surface area contributed by atoms with Gasteiger partial charge in [-0.2, -0.15) is 0 Å². The minimum Gasteiger partial charge on any atom is -0.252 e. The van der Waals surface area contributed by atoms with Gasteiger partial charge in [0, 0.05) is 5.69 Å². The molecule has 0 N–H and O–H groups in total. The van der Waals surface area contributed by atoms with E-state index in [1.54, 1.807) is 0 Å². The molecule has 0 saturated heterocycles. The van der Waals surface area contributed by atoms with Gasteiger partial charge in [0.25, 0.3) is 0 Å². The fourth-order valence-corrected chi connectivity index (χ4v) is 2.09. The minimum absolute atomic E-state index is 0.480. The van der Waals surface area contributed by atoms with E-state index in [1.807, 2.05) is 12.2 Å². The Hall–Kier alpha value is -1.37. The number of hydrogen-bond donors (Lipinski definition) is 0. The predicted octanol–water partition coefficient (Wildman–Crippen LogP) is 4.37. The van der Waals surface area contributed by atoms with Gasteiger partial charge in [0.05, 0.1) is 5.69 Å². The van der Waals surface area contributed by atoms with E-state index in [0.717, 1.165) is 17.2 Å². The number of hydrogen-bond acceptors (Lipinski definition) is 1. The lowest BCUT2D eigenvalue weighted by atomic mass is 9.97. The molecule has 1 aromatic rings. The predicted molar refractivity (Wildman–Crippen MR) is 70.5 cm³/mol. The molecule has 0 radical (unpaired) electrons. The molecule has 1 heteroatoms. The van der Waals surface area contributed by atoms with Crippen molar-refractivity contribution < 1.29 is 0 Å². The summed E-state index contributed by atoms with van der Waals surface area (Å²) in [5.74, 6) is 1.22. The van der Waals surface area contributed by atoms with Crippen molar-refractivity contribution in [2.45, 2.75) is 38.5 Å². The number of pyridine rings is 1. The zero-order chi connectivity index (χ0) is 11.7. The van der Waals surface area contributed by atoms with E-state index in [4.69, 9.17) is 4.98 Å². The smallest absolute Gasteiger partial charge is 0.0699 e. The van der Waals surface area contributed by atoms with Crippen molar-refractivity contribution in [2.75, 3.05) is 0 Å². The van der Waals surface area contributed by atoms with Crippen molar-refractivity contribution in [3.05, 3.63) is 41.7 Å². The van der Waals surface area contributed by atoms with Gasteiger partial charge in [-0.25, -0.2) is 0 Å². The van der Waals surface area contributed by atoms with E-state index >= 15 is 0 Å². The summed E-state index contributed by atoms with van der Waals surface area (Å²) < 4.78 is 0. The van der Waals surface area contributed by atoms with E-state index in [1.165, 1.54) is 24.1 Å². The molecule has 0 aromatic carbocycles. The second kappa shape index (κ2) is 4.25. The van der Waals surface area contributed by atoms with Gasteiger partial charge in [-0.3, -0.25) is 4.98 Å². The molecule has 1 fully saturated rings. The third kappa shape index (κ3) is 1.95. The van der Waals surface area contributed by atoms with E-state index in [2.05, 4.69) is 33.1 Å². The molecular weight excluding hydrogens is 194 g/mol. The van der Waals surface area contributed by atoms with Crippen LogP contribution in [-0.4, -0.2) is 4.98 Å². The molecular formula is C15H19N. The molecule has 0 amide bonds. The number of aromatic nitrogens is 1. The van der Waals surface area contributed by atoms with Gasteiger partial charge in [0.1, 0.15) is 0 Å². The zero-order valence-corrected chi connectivity index (χ0v) is 10.2. The topological polar surface area (TPSA) is 12.9 Å². The monoisotopic (exact) mass is 213 g/mol. The quantitative estimate of drug-likeness (QED) is 0.723. The molecule has 0 aliphatic heterocycles. The molecule has 1 saturated carbocycles. The first-order valence-corrected chi connectivity index (χ1v) is 5.97. The molecule has 16 heavy (non-hydrogen) atoms. The van der Waals surface area contributed by atoms with Crippen molar-refractivity contribution in [3.63, 3.8) is 0 Å². The third-order valence-corrected chi connectivity index (χ3v) is 3.12. The van der Waals surface area contributed by atoms with Gasteiger partial charge in [-0.1, -0.05) is 33.1 Å². The lowest BCUT2D eigenvalue weighted by molar-refractivity contribution is 0.795. The molecule has 84 valence electrons. The lowest BCUT2D eigenvalue weighted by Gasteiger charge is -2.14. The van der Waals surface area contributed by atoms with Crippen molar-refractivity contribution in [1.82, 2.24) is 4.98 Å². The van der Waals surface area contributed by atoms with Crippen LogP contribution >= 0.6 is 0 Å². The molecule has 0 bridgehead atoms. The van der Waals surface area contributed by atoms with Crippen LogP contribution in [0.3, 0.4) is 0 Å². The van der Waals surface area contributed by atoms with Crippen LogP contribution in [0, 0.1) is 0 Å². The van der Waals surface area contributed by atoms with E-state index in [0.29, 0.717) is 5.92 Å². The SMILES string of the molecule is C=Cc1cc(C2CC2)c(C(C)C)nc1C=C. The fraction of sp³-hybridized carbons (Fsp3) is 0.400. The van der Waals surface area contributed by atoms with E-state index < -0.39 is 0 Å². The Labute approximate surface area is 97.9 Å². The molecule has 1 aliphatic rings. The average Bonchev–Trinajstić information content (AvgIpc) is 3.10. The fourth-order valence-electron chi connectivity index (χ4n) is 2.09. The molecule has 1 nitrogen and oxygen atoms in total. The van der Waals surface area contributed by atoms with Crippen molar-refractivity contribution in [2.24, 2.45) is 0 Å². The average molecular weight is 213 g/mol.